The Kier molecular flexibility index (Phi) is 7.14. The van der Waals surface area contributed by atoms with Gasteiger partial charge < -0.3 is 14.2 Å². The quantitative estimate of drug-likeness (QED) is 0.242. The Morgan fingerprint density at radius 3 is 2.19 bits per heavy atom. The second-order valence-electron chi connectivity index (χ2n) is 5.30. The largest absolute Gasteiger partial charge is 0.462 e. The van der Waals surface area contributed by atoms with Gasteiger partial charge in [0.15, 0.2) is 0 Å². The molecule has 1 N–H and O–H groups in total. The summed E-state index contributed by atoms with van der Waals surface area (Å²) in [6.07, 6.45) is 2.64. The molecule has 1 aromatic heterocycles. The zero-order chi connectivity index (χ0) is 19.1. The Bertz CT molecular complexity index is 705. The number of hydrogen-bond donors (Lipinski definition) is 1. The molecule has 0 saturated heterocycles. The number of aryl methyl sites for hydroxylation is 1. The molecular weight excluding hydrogens is 360 g/mol. The molecule has 1 heterocycles. The standard InChI is InChI=1S/C17H22N2O6S/c1-4-23-15(20)12-10-8-7-9-11(10)26-14(12)19-18-13(16(21)24-5-2)17(22)25-6-3/h19H,4-9H2,1-3H3. The van der Waals surface area contributed by atoms with Crippen LogP contribution in [0.2, 0.25) is 0 Å². The molecule has 0 spiro atoms. The highest BCUT2D eigenvalue weighted by Gasteiger charge is 2.29. The third-order valence-electron chi connectivity index (χ3n) is 3.61. The Balaban J connectivity index is 2.32. The minimum atomic E-state index is -0.889. The minimum absolute atomic E-state index is 0.0959. The molecule has 26 heavy (non-hydrogen) atoms. The van der Waals surface area contributed by atoms with Crippen molar-refractivity contribution < 1.29 is 28.6 Å². The Hall–Kier alpha value is -2.42. The summed E-state index contributed by atoms with van der Waals surface area (Å²) in [5, 5.41) is 4.31. The van der Waals surface area contributed by atoms with Crippen LogP contribution in [-0.2, 0) is 36.6 Å². The first-order valence-electron chi connectivity index (χ1n) is 8.52. The predicted octanol–water partition coefficient (Wildman–Crippen LogP) is 2.31. The summed E-state index contributed by atoms with van der Waals surface area (Å²) in [6.45, 7) is 5.42. The van der Waals surface area contributed by atoms with Gasteiger partial charge in [0, 0.05) is 4.88 Å². The van der Waals surface area contributed by atoms with Crippen molar-refractivity contribution in [3.8, 4) is 0 Å². The maximum Gasteiger partial charge on any atom is 0.366 e. The monoisotopic (exact) mass is 382 g/mol. The number of rotatable bonds is 8. The Labute approximate surface area is 155 Å². The van der Waals surface area contributed by atoms with Crippen molar-refractivity contribution in [2.75, 3.05) is 25.2 Å². The van der Waals surface area contributed by atoms with Gasteiger partial charge in [0.1, 0.15) is 5.00 Å². The number of hydrogen-bond acceptors (Lipinski definition) is 9. The van der Waals surface area contributed by atoms with Crippen molar-refractivity contribution in [1.82, 2.24) is 0 Å². The Morgan fingerprint density at radius 2 is 1.62 bits per heavy atom. The highest BCUT2D eigenvalue weighted by atomic mass is 32.1. The number of nitrogens with one attached hydrogen (secondary N) is 1. The van der Waals surface area contributed by atoms with Gasteiger partial charge in [0.05, 0.1) is 25.4 Å². The fourth-order valence-corrected chi connectivity index (χ4v) is 3.80. The molecule has 142 valence electrons. The van der Waals surface area contributed by atoms with Crippen LogP contribution < -0.4 is 5.43 Å². The Morgan fingerprint density at radius 1 is 1.00 bits per heavy atom. The van der Waals surface area contributed by atoms with E-state index in [1.54, 1.807) is 20.8 Å². The molecule has 8 nitrogen and oxygen atoms in total. The number of hydrazone groups is 1. The molecule has 1 aliphatic carbocycles. The van der Waals surface area contributed by atoms with Crippen LogP contribution in [0.5, 0.6) is 0 Å². The van der Waals surface area contributed by atoms with E-state index in [9.17, 15) is 14.4 Å². The fourth-order valence-electron chi connectivity index (χ4n) is 2.58. The van der Waals surface area contributed by atoms with Crippen LogP contribution in [0, 0.1) is 0 Å². The lowest BCUT2D eigenvalue weighted by Crippen LogP contribution is -2.29. The van der Waals surface area contributed by atoms with Gasteiger partial charge in [0.25, 0.3) is 5.71 Å². The van der Waals surface area contributed by atoms with Crippen molar-refractivity contribution >= 4 is 40.0 Å². The highest BCUT2D eigenvalue weighted by Crippen LogP contribution is 2.39. The lowest BCUT2D eigenvalue weighted by atomic mass is 10.1. The van der Waals surface area contributed by atoms with Gasteiger partial charge in [-0.25, -0.2) is 14.4 Å². The van der Waals surface area contributed by atoms with Crippen LogP contribution in [0.15, 0.2) is 5.10 Å². The SMILES string of the molecule is CCOC(=O)C(=NNc1sc2c(c1C(=O)OCC)CCC2)C(=O)OCC. The van der Waals surface area contributed by atoms with E-state index in [1.807, 2.05) is 0 Å². The highest BCUT2D eigenvalue weighted by molar-refractivity contribution is 7.16. The smallest absolute Gasteiger partial charge is 0.366 e. The molecule has 0 fully saturated rings. The molecule has 1 aromatic rings. The van der Waals surface area contributed by atoms with Crippen LogP contribution >= 0.6 is 11.3 Å². The molecule has 0 bridgehead atoms. The number of esters is 3. The summed E-state index contributed by atoms with van der Waals surface area (Å²) in [7, 11) is 0. The van der Waals surface area contributed by atoms with Gasteiger partial charge in [-0.1, -0.05) is 0 Å². The lowest BCUT2D eigenvalue weighted by Gasteiger charge is -2.08. The average Bonchev–Trinajstić information content (AvgIpc) is 3.16. The first kappa shape index (κ1) is 19.9. The molecule has 0 amide bonds. The van der Waals surface area contributed by atoms with E-state index < -0.39 is 23.6 Å². The van der Waals surface area contributed by atoms with E-state index >= 15 is 0 Å². The number of anilines is 1. The lowest BCUT2D eigenvalue weighted by molar-refractivity contribution is -0.140. The van der Waals surface area contributed by atoms with Gasteiger partial charge >= 0.3 is 17.9 Å². The van der Waals surface area contributed by atoms with E-state index in [-0.39, 0.29) is 19.8 Å². The van der Waals surface area contributed by atoms with Crippen LogP contribution in [0.3, 0.4) is 0 Å². The molecule has 0 radical (unpaired) electrons. The van der Waals surface area contributed by atoms with E-state index in [4.69, 9.17) is 14.2 Å². The van der Waals surface area contributed by atoms with E-state index in [0.717, 1.165) is 29.7 Å². The van der Waals surface area contributed by atoms with Gasteiger partial charge in [-0.3, -0.25) is 5.43 Å². The second-order valence-corrected chi connectivity index (χ2v) is 6.40. The first-order valence-corrected chi connectivity index (χ1v) is 9.34. The number of ether oxygens (including phenoxy) is 3. The molecule has 0 atom stereocenters. The van der Waals surface area contributed by atoms with Crippen molar-refractivity contribution in [2.45, 2.75) is 40.0 Å². The van der Waals surface area contributed by atoms with Crippen LogP contribution in [0.1, 0.15) is 48.0 Å². The van der Waals surface area contributed by atoms with E-state index in [0.29, 0.717) is 10.6 Å². The molecule has 0 aromatic carbocycles. The van der Waals surface area contributed by atoms with Crippen molar-refractivity contribution in [3.63, 3.8) is 0 Å². The predicted molar refractivity (Wildman–Crippen MR) is 96.6 cm³/mol. The summed E-state index contributed by atoms with van der Waals surface area (Å²) in [5.74, 6) is -2.22. The number of nitrogens with zero attached hydrogens (tertiary/aromatic N) is 1. The molecule has 0 saturated carbocycles. The van der Waals surface area contributed by atoms with Gasteiger partial charge in [0.2, 0.25) is 0 Å². The number of carbonyl (C=O) groups excluding carboxylic acids is 3. The molecule has 9 heteroatoms. The van der Waals surface area contributed by atoms with E-state index in [2.05, 4.69) is 10.5 Å². The number of carbonyl (C=O) groups is 3. The van der Waals surface area contributed by atoms with Crippen LogP contribution in [-0.4, -0.2) is 43.4 Å². The third-order valence-corrected chi connectivity index (χ3v) is 4.80. The maximum absolute atomic E-state index is 12.3. The summed E-state index contributed by atoms with van der Waals surface area (Å²) >= 11 is 1.37. The fraction of sp³-hybridized carbons (Fsp3) is 0.529. The topological polar surface area (TPSA) is 103 Å². The molecule has 2 rings (SSSR count). The normalized spacial score (nSPS) is 12.1. The molecule has 0 aliphatic heterocycles. The molecule has 0 unspecified atom stereocenters. The molecule has 1 aliphatic rings. The van der Waals surface area contributed by atoms with Crippen molar-refractivity contribution in [1.29, 1.82) is 0 Å². The zero-order valence-electron chi connectivity index (χ0n) is 15.0. The second kappa shape index (κ2) is 9.33. The van der Waals surface area contributed by atoms with Crippen LogP contribution in [0.25, 0.3) is 0 Å². The summed E-state index contributed by atoms with van der Waals surface area (Å²) < 4.78 is 14.8. The molecular formula is C17H22N2O6S. The number of thiophene rings is 1. The van der Waals surface area contributed by atoms with Crippen molar-refractivity contribution in [3.05, 3.63) is 16.0 Å². The zero-order valence-corrected chi connectivity index (χ0v) is 15.9. The van der Waals surface area contributed by atoms with Crippen LogP contribution in [0.4, 0.5) is 5.00 Å². The summed E-state index contributed by atoms with van der Waals surface area (Å²) in [4.78, 5) is 37.3. The van der Waals surface area contributed by atoms with Gasteiger partial charge in [-0.15, -0.1) is 11.3 Å². The minimum Gasteiger partial charge on any atom is -0.462 e. The van der Waals surface area contributed by atoms with E-state index in [1.165, 1.54) is 11.3 Å². The van der Waals surface area contributed by atoms with Crippen molar-refractivity contribution in [2.24, 2.45) is 5.10 Å². The summed E-state index contributed by atoms with van der Waals surface area (Å²) in [5.41, 5.74) is 3.52. The number of fused-ring (bicyclic) bond motifs is 1. The first-order chi connectivity index (χ1) is 12.5. The van der Waals surface area contributed by atoms with Gasteiger partial charge in [-0.05, 0) is 45.6 Å². The van der Waals surface area contributed by atoms with Gasteiger partial charge in [-0.2, -0.15) is 5.10 Å². The summed E-state index contributed by atoms with van der Waals surface area (Å²) in [6, 6.07) is 0. The third kappa shape index (κ3) is 4.40. The average molecular weight is 382 g/mol. The maximum atomic E-state index is 12.3.